The van der Waals surface area contributed by atoms with E-state index in [9.17, 15) is 9.59 Å². The Bertz CT molecular complexity index is 417. The van der Waals surface area contributed by atoms with Crippen molar-refractivity contribution in [3.63, 3.8) is 0 Å². The summed E-state index contributed by atoms with van der Waals surface area (Å²) in [5, 5.41) is 8.58. The monoisotopic (exact) mass is 223 g/mol. The van der Waals surface area contributed by atoms with Crippen LogP contribution < -0.4 is 0 Å². The van der Waals surface area contributed by atoms with Crippen LogP contribution in [0.25, 0.3) is 0 Å². The summed E-state index contributed by atoms with van der Waals surface area (Å²) in [7, 11) is 0. The maximum Gasteiger partial charge on any atom is 0.303 e. The number of furan rings is 1. The van der Waals surface area contributed by atoms with E-state index in [1.165, 1.54) is 6.26 Å². The molecule has 86 valence electrons. The van der Waals surface area contributed by atoms with E-state index in [1.54, 1.807) is 11.0 Å². The molecular formula is C11H13NO4. The van der Waals surface area contributed by atoms with Gasteiger partial charge in [-0.2, -0.15) is 0 Å². The van der Waals surface area contributed by atoms with Crippen LogP contribution in [0.15, 0.2) is 16.7 Å². The summed E-state index contributed by atoms with van der Waals surface area (Å²) >= 11 is 0. The molecule has 0 aromatic carbocycles. The number of nitrogens with zero attached hydrogens (tertiary/aromatic N) is 1. The van der Waals surface area contributed by atoms with Gasteiger partial charge in [-0.3, -0.25) is 9.59 Å². The lowest BCUT2D eigenvalue weighted by atomic mass is 9.96. The molecule has 0 aliphatic carbocycles. The van der Waals surface area contributed by atoms with E-state index in [4.69, 9.17) is 9.52 Å². The van der Waals surface area contributed by atoms with Crippen molar-refractivity contribution in [3.05, 3.63) is 23.7 Å². The van der Waals surface area contributed by atoms with Gasteiger partial charge >= 0.3 is 5.97 Å². The van der Waals surface area contributed by atoms with Crippen LogP contribution in [0.2, 0.25) is 0 Å². The number of aliphatic carboxylic acids is 1. The third-order valence-electron chi connectivity index (χ3n) is 2.76. The Balaban J connectivity index is 1.91. The molecule has 1 aromatic rings. The molecule has 0 bridgehead atoms. The van der Waals surface area contributed by atoms with Gasteiger partial charge in [-0.05, 0) is 13.0 Å². The fraction of sp³-hybridized carbons (Fsp3) is 0.455. The highest BCUT2D eigenvalue weighted by molar-refractivity contribution is 5.93. The number of carbonyl (C=O) groups excluding carboxylic acids is 1. The number of rotatable bonds is 3. The van der Waals surface area contributed by atoms with Crippen LogP contribution in [0.4, 0.5) is 0 Å². The van der Waals surface area contributed by atoms with Gasteiger partial charge in [-0.25, -0.2) is 0 Å². The smallest absolute Gasteiger partial charge is 0.303 e. The van der Waals surface area contributed by atoms with Gasteiger partial charge in [0.05, 0.1) is 12.7 Å². The quantitative estimate of drug-likeness (QED) is 0.834. The van der Waals surface area contributed by atoms with E-state index < -0.39 is 5.97 Å². The van der Waals surface area contributed by atoms with E-state index in [1.807, 2.05) is 6.92 Å². The van der Waals surface area contributed by atoms with Crippen molar-refractivity contribution in [1.29, 1.82) is 0 Å². The molecule has 1 aliphatic rings. The van der Waals surface area contributed by atoms with Crippen LogP contribution >= 0.6 is 0 Å². The van der Waals surface area contributed by atoms with Crippen molar-refractivity contribution >= 4 is 11.9 Å². The molecule has 1 aliphatic heterocycles. The molecule has 5 nitrogen and oxygen atoms in total. The molecule has 2 heterocycles. The maximum atomic E-state index is 11.8. The van der Waals surface area contributed by atoms with Crippen molar-refractivity contribution in [2.24, 2.45) is 5.92 Å². The molecule has 16 heavy (non-hydrogen) atoms. The lowest BCUT2D eigenvalue weighted by molar-refractivity contribution is -0.139. The highest BCUT2D eigenvalue weighted by Gasteiger charge is 2.34. The zero-order valence-electron chi connectivity index (χ0n) is 8.97. The molecule has 5 heteroatoms. The van der Waals surface area contributed by atoms with E-state index in [2.05, 4.69) is 0 Å². The SMILES string of the molecule is Cc1ccoc1C(=O)N1CC(CC(=O)O)C1. The Kier molecular flexibility index (Phi) is 2.68. The minimum absolute atomic E-state index is 0.0803. The summed E-state index contributed by atoms with van der Waals surface area (Å²) in [5.74, 6) is -0.527. The second-order valence-electron chi connectivity index (χ2n) is 4.11. The predicted octanol–water partition coefficient (Wildman–Crippen LogP) is 1.13. The number of hydrogen-bond acceptors (Lipinski definition) is 3. The summed E-state index contributed by atoms with van der Waals surface area (Å²) in [6, 6.07) is 1.74. The zero-order chi connectivity index (χ0) is 11.7. The lowest BCUT2D eigenvalue weighted by Crippen LogP contribution is -2.50. The molecule has 2 rings (SSSR count). The molecule has 0 unspecified atom stereocenters. The van der Waals surface area contributed by atoms with Gasteiger partial charge in [0.15, 0.2) is 5.76 Å². The number of carboxylic acid groups (broad SMARTS) is 1. The normalized spacial score (nSPS) is 15.9. The van der Waals surface area contributed by atoms with Gasteiger partial charge in [0.1, 0.15) is 0 Å². The van der Waals surface area contributed by atoms with Crippen molar-refractivity contribution < 1.29 is 19.1 Å². The van der Waals surface area contributed by atoms with Crippen molar-refractivity contribution in [2.75, 3.05) is 13.1 Å². The van der Waals surface area contributed by atoms with Crippen molar-refractivity contribution in [3.8, 4) is 0 Å². The summed E-state index contributed by atoms with van der Waals surface area (Å²) in [5.41, 5.74) is 0.812. The van der Waals surface area contributed by atoms with Gasteiger partial charge in [0, 0.05) is 24.6 Å². The summed E-state index contributed by atoms with van der Waals surface area (Å²) in [6.07, 6.45) is 1.61. The zero-order valence-corrected chi connectivity index (χ0v) is 8.97. The number of likely N-dealkylation sites (tertiary alicyclic amines) is 1. The summed E-state index contributed by atoms with van der Waals surface area (Å²) in [6.45, 7) is 2.82. The number of amides is 1. The van der Waals surface area contributed by atoms with Gasteiger partial charge in [-0.15, -0.1) is 0 Å². The molecule has 0 atom stereocenters. The second-order valence-corrected chi connectivity index (χ2v) is 4.11. The number of aryl methyl sites for hydroxylation is 1. The third-order valence-corrected chi connectivity index (χ3v) is 2.76. The lowest BCUT2D eigenvalue weighted by Gasteiger charge is -2.38. The Morgan fingerprint density at radius 3 is 2.75 bits per heavy atom. The average Bonchev–Trinajstić information content (AvgIpc) is 2.56. The highest BCUT2D eigenvalue weighted by Crippen LogP contribution is 2.22. The van der Waals surface area contributed by atoms with E-state index in [-0.39, 0.29) is 18.2 Å². The second kappa shape index (κ2) is 4.00. The van der Waals surface area contributed by atoms with Gasteiger partial charge in [0.2, 0.25) is 0 Å². The number of hydrogen-bond donors (Lipinski definition) is 1. The maximum absolute atomic E-state index is 11.8. The largest absolute Gasteiger partial charge is 0.481 e. The Hall–Kier alpha value is -1.78. The van der Waals surface area contributed by atoms with E-state index in [0.717, 1.165) is 5.56 Å². The molecule has 0 saturated carbocycles. The minimum atomic E-state index is -0.814. The first-order valence-corrected chi connectivity index (χ1v) is 5.13. The van der Waals surface area contributed by atoms with Crippen LogP contribution in [0.3, 0.4) is 0 Å². The standard InChI is InChI=1S/C11H13NO4/c1-7-2-3-16-10(7)11(15)12-5-8(6-12)4-9(13)14/h2-3,8H,4-6H2,1H3,(H,13,14). The first-order valence-electron chi connectivity index (χ1n) is 5.13. The van der Waals surface area contributed by atoms with Crippen molar-refractivity contribution in [1.82, 2.24) is 4.90 Å². The molecule has 1 aromatic heterocycles. The fourth-order valence-corrected chi connectivity index (χ4v) is 1.85. The van der Waals surface area contributed by atoms with Gasteiger partial charge in [0.25, 0.3) is 5.91 Å². The molecule has 1 amide bonds. The Morgan fingerprint density at radius 1 is 1.56 bits per heavy atom. The van der Waals surface area contributed by atoms with Gasteiger partial charge < -0.3 is 14.4 Å². The molecular weight excluding hydrogens is 210 g/mol. The Labute approximate surface area is 92.7 Å². The third kappa shape index (κ3) is 1.93. The number of carboxylic acids is 1. The Morgan fingerprint density at radius 2 is 2.25 bits per heavy atom. The van der Waals surface area contributed by atoms with Crippen LogP contribution in [0.5, 0.6) is 0 Å². The summed E-state index contributed by atoms with van der Waals surface area (Å²) < 4.78 is 5.09. The first kappa shape index (κ1) is 10.7. The van der Waals surface area contributed by atoms with Crippen molar-refractivity contribution in [2.45, 2.75) is 13.3 Å². The molecule has 1 fully saturated rings. The van der Waals surface area contributed by atoms with E-state index >= 15 is 0 Å². The highest BCUT2D eigenvalue weighted by atomic mass is 16.4. The fourth-order valence-electron chi connectivity index (χ4n) is 1.85. The molecule has 0 radical (unpaired) electrons. The van der Waals surface area contributed by atoms with Gasteiger partial charge in [-0.1, -0.05) is 0 Å². The van der Waals surface area contributed by atoms with Crippen LogP contribution in [-0.2, 0) is 4.79 Å². The summed E-state index contributed by atoms with van der Waals surface area (Å²) in [4.78, 5) is 23.9. The van der Waals surface area contributed by atoms with Crippen LogP contribution in [0, 0.1) is 12.8 Å². The van der Waals surface area contributed by atoms with E-state index in [0.29, 0.717) is 18.8 Å². The van der Waals surface area contributed by atoms with Crippen LogP contribution in [0.1, 0.15) is 22.5 Å². The minimum Gasteiger partial charge on any atom is -0.481 e. The van der Waals surface area contributed by atoms with Crippen LogP contribution in [-0.4, -0.2) is 35.0 Å². The predicted molar refractivity (Wildman–Crippen MR) is 55.1 cm³/mol. The average molecular weight is 223 g/mol. The number of carbonyl (C=O) groups is 2. The first-order chi connectivity index (χ1) is 7.58. The molecule has 1 saturated heterocycles. The topological polar surface area (TPSA) is 70.8 Å². The molecule has 0 spiro atoms. The molecule has 1 N–H and O–H groups in total.